The fraction of sp³-hybridized carbons (Fsp3) is 0.278. The van der Waals surface area contributed by atoms with Crippen LogP contribution in [0.25, 0.3) is 11.1 Å². The van der Waals surface area contributed by atoms with Crippen LogP contribution in [0.4, 0.5) is 0 Å². The SMILES string of the molecule is COC(=O)CCCc1cc(Br)cc2c1-c1ccc(Br)cc1C2. The van der Waals surface area contributed by atoms with E-state index in [9.17, 15) is 4.79 Å². The van der Waals surface area contributed by atoms with E-state index in [1.165, 1.54) is 34.9 Å². The van der Waals surface area contributed by atoms with E-state index in [1.54, 1.807) is 0 Å². The van der Waals surface area contributed by atoms with Gasteiger partial charge in [0, 0.05) is 15.4 Å². The molecule has 0 heterocycles. The molecule has 0 saturated carbocycles. The van der Waals surface area contributed by atoms with Gasteiger partial charge in [0.15, 0.2) is 0 Å². The molecule has 2 aromatic carbocycles. The molecule has 22 heavy (non-hydrogen) atoms. The van der Waals surface area contributed by atoms with Gasteiger partial charge in [-0.05, 0) is 71.3 Å². The highest BCUT2D eigenvalue weighted by atomic mass is 79.9. The van der Waals surface area contributed by atoms with Crippen LogP contribution in [0, 0.1) is 0 Å². The van der Waals surface area contributed by atoms with Crippen LogP contribution in [-0.4, -0.2) is 13.1 Å². The van der Waals surface area contributed by atoms with E-state index >= 15 is 0 Å². The number of carbonyl (C=O) groups excluding carboxylic acids is 1. The minimum atomic E-state index is -0.143. The summed E-state index contributed by atoms with van der Waals surface area (Å²) in [7, 11) is 1.44. The molecule has 4 heteroatoms. The number of hydrogen-bond acceptors (Lipinski definition) is 2. The van der Waals surface area contributed by atoms with Crippen molar-refractivity contribution in [1.29, 1.82) is 0 Å². The number of benzene rings is 2. The molecule has 0 saturated heterocycles. The summed E-state index contributed by atoms with van der Waals surface area (Å²) in [6, 6.07) is 10.8. The molecule has 0 spiro atoms. The van der Waals surface area contributed by atoms with E-state index in [0.29, 0.717) is 6.42 Å². The maximum Gasteiger partial charge on any atom is 0.305 e. The Morgan fingerprint density at radius 1 is 1.14 bits per heavy atom. The molecule has 0 N–H and O–H groups in total. The Labute approximate surface area is 147 Å². The third-order valence-corrected chi connectivity index (χ3v) is 4.99. The Balaban J connectivity index is 1.92. The van der Waals surface area contributed by atoms with Gasteiger partial charge >= 0.3 is 5.97 Å². The van der Waals surface area contributed by atoms with Crippen molar-refractivity contribution in [3.63, 3.8) is 0 Å². The van der Waals surface area contributed by atoms with E-state index in [0.717, 1.165) is 28.2 Å². The zero-order valence-electron chi connectivity index (χ0n) is 12.3. The standard InChI is InChI=1S/C18H16Br2O2/c1-22-17(21)4-2-3-11-8-15(20)10-13-7-12-9-14(19)5-6-16(12)18(11)13/h5-6,8-10H,2-4,7H2,1H3. The molecule has 3 rings (SSSR count). The number of rotatable bonds is 4. The second kappa shape index (κ2) is 6.55. The molecular formula is C18H16Br2O2. The van der Waals surface area contributed by atoms with Crippen LogP contribution in [0.3, 0.4) is 0 Å². The first-order valence-electron chi connectivity index (χ1n) is 7.25. The number of halogens is 2. The number of esters is 1. The van der Waals surface area contributed by atoms with Crippen LogP contribution >= 0.6 is 31.9 Å². The summed E-state index contributed by atoms with van der Waals surface area (Å²) in [6.07, 6.45) is 3.12. The van der Waals surface area contributed by atoms with E-state index in [2.05, 4.69) is 62.2 Å². The molecule has 0 aliphatic heterocycles. The van der Waals surface area contributed by atoms with Crippen molar-refractivity contribution < 1.29 is 9.53 Å². The topological polar surface area (TPSA) is 26.3 Å². The number of fused-ring (bicyclic) bond motifs is 3. The summed E-state index contributed by atoms with van der Waals surface area (Å²) < 4.78 is 6.94. The van der Waals surface area contributed by atoms with Crippen LogP contribution in [-0.2, 0) is 22.4 Å². The molecule has 0 bridgehead atoms. The Kier molecular flexibility index (Phi) is 4.69. The van der Waals surface area contributed by atoms with Crippen molar-refractivity contribution in [1.82, 2.24) is 0 Å². The molecule has 0 fully saturated rings. The summed E-state index contributed by atoms with van der Waals surface area (Å²) >= 11 is 7.16. The van der Waals surface area contributed by atoms with Gasteiger partial charge in [0.25, 0.3) is 0 Å². The predicted octanol–water partition coefficient (Wildman–Crippen LogP) is 5.28. The molecular weight excluding hydrogens is 408 g/mol. The minimum absolute atomic E-state index is 0.143. The van der Waals surface area contributed by atoms with Gasteiger partial charge in [0.2, 0.25) is 0 Å². The molecule has 2 aromatic rings. The summed E-state index contributed by atoms with van der Waals surface area (Å²) in [5.41, 5.74) is 6.68. The first-order chi connectivity index (χ1) is 10.6. The normalized spacial score (nSPS) is 12.0. The van der Waals surface area contributed by atoms with Crippen molar-refractivity contribution in [2.75, 3.05) is 7.11 Å². The molecule has 0 amide bonds. The van der Waals surface area contributed by atoms with Gasteiger partial charge < -0.3 is 4.74 Å². The van der Waals surface area contributed by atoms with E-state index in [1.807, 2.05) is 0 Å². The van der Waals surface area contributed by atoms with Crippen molar-refractivity contribution in [2.45, 2.75) is 25.7 Å². The summed E-state index contributed by atoms with van der Waals surface area (Å²) in [4.78, 5) is 11.3. The lowest BCUT2D eigenvalue weighted by Gasteiger charge is -2.11. The predicted molar refractivity (Wildman–Crippen MR) is 95.0 cm³/mol. The second-order valence-electron chi connectivity index (χ2n) is 5.51. The number of hydrogen-bond donors (Lipinski definition) is 0. The second-order valence-corrected chi connectivity index (χ2v) is 7.34. The molecule has 0 radical (unpaired) electrons. The van der Waals surface area contributed by atoms with Crippen molar-refractivity contribution in [2.24, 2.45) is 0 Å². The number of ether oxygens (including phenoxy) is 1. The van der Waals surface area contributed by atoms with Crippen LogP contribution in [0.2, 0.25) is 0 Å². The number of aryl methyl sites for hydroxylation is 1. The summed E-state index contributed by atoms with van der Waals surface area (Å²) in [5.74, 6) is -0.143. The van der Waals surface area contributed by atoms with E-state index in [-0.39, 0.29) is 5.97 Å². The highest BCUT2D eigenvalue weighted by molar-refractivity contribution is 9.10. The molecule has 0 atom stereocenters. The Bertz CT molecular complexity index is 738. The van der Waals surface area contributed by atoms with Gasteiger partial charge in [0.1, 0.15) is 0 Å². The van der Waals surface area contributed by atoms with Crippen LogP contribution < -0.4 is 0 Å². The van der Waals surface area contributed by atoms with Crippen molar-refractivity contribution in [3.8, 4) is 11.1 Å². The molecule has 114 valence electrons. The fourth-order valence-corrected chi connectivity index (χ4v) is 4.05. The fourth-order valence-electron chi connectivity index (χ4n) is 3.09. The summed E-state index contributed by atoms with van der Waals surface area (Å²) in [5, 5.41) is 0. The van der Waals surface area contributed by atoms with E-state index in [4.69, 9.17) is 4.74 Å². The maximum atomic E-state index is 11.3. The molecule has 0 aromatic heterocycles. The molecule has 1 aliphatic rings. The largest absolute Gasteiger partial charge is 0.469 e. The van der Waals surface area contributed by atoms with Crippen molar-refractivity contribution in [3.05, 3.63) is 56.0 Å². The third kappa shape index (κ3) is 3.13. The smallest absolute Gasteiger partial charge is 0.305 e. The third-order valence-electron chi connectivity index (χ3n) is 4.04. The zero-order chi connectivity index (χ0) is 15.7. The first-order valence-corrected chi connectivity index (χ1v) is 8.84. The first kappa shape index (κ1) is 15.8. The highest BCUT2D eigenvalue weighted by Crippen LogP contribution is 2.42. The maximum absolute atomic E-state index is 11.3. The van der Waals surface area contributed by atoms with Crippen molar-refractivity contribution >= 4 is 37.8 Å². The zero-order valence-corrected chi connectivity index (χ0v) is 15.5. The Morgan fingerprint density at radius 3 is 2.68 bits per heavy atom. The van der Waals surface area contributed by atoms with Crippen LogP contribution in [0.15, 0.2) is 39.3 Å². The minimum Gasteiger partial charge on any atom is -0.469 e. The Morgan fingerprint density at radius 2 is 1.91 bits per heavy atom. The van der Waals surface area contributed by atoms with Gasteiger partial charge in [-0.15, -0.1) is 0 Å². The lowest BCUT2D eigenvalue weighted by atomic mass is 9.96. The van der Waals surface area contributed by atoms with Gasteiger partial charge in [0.05, 0.1) is 7.11 Å². The molecule has 1 aliphatic carbocycles. The van der Waals surface area contributed by atoms with Crippen LogP contribution in [0.1, 0.15) is 29.5 Å². The van der Waals surface area contributed by atoms with Gasteiger partial charge in [-0.1, -0.05) is 37.9 Å². The van der Waals surface area contributed by atoms with Gasteiger partial charge in [-0.3, -0.25) is 4.79 Å². The molecule has 0 unspecified atom stereocenters. The van der Waals surface area contributed by atoms with Gasteiger partial charge in [-0.2, -0.15) is 0 Å². The summed E-state index contributed by atoms with van der Waals surface area (Å²) in [6.45, 7) is 0. The van der Waals surface area contributed by atoms with Crippen LogP contribution in [0.5, 0.6) is 0 Å². The average molecular weight is 424 g/mol. The highest BCUT2D eigenvalue weighted by Gasteiger charge is 2.22. The quantitative estimate of drug-likeness (QED) is 0.533. The van der Waals surface area contributed by atoms with Gasteiger partial charge in [-0.25, -0.2) is 0 Å². The monoisotopic (exact) mass is 422 g/mol. The average Bonchev–Trinajstić information content (AvgIpc) is 2.83. The molecule has 2 nitrogen and oxygen atoms in total. The lowest BCUT2D eigenvalue weighted by Crippen LogP contribution is -2.01. The number of methoxy groups -OCH3 is 1. The lowest BCUT2D eigenvalue weighted by molar-refractivity contribution is -0.140. The Hall–Kier alpha value is -1.13. The van der Waals surface area contributed by atoms with E-state index < -0.39 is 0 Å². The number of carbonyl (C=O) groups is 1.